The normalized spacial score (nSPS) is 18.9. The summed E-state index contributed by atoms with van der Waals surface area (Å²) in [7, 11) is 0. The Morgan fingerprint density at radius 3 is 1.85 bits per heavy atom. The molecule has 0 atom stereocenters. The van der Waals surface area contributed by atoms with Crippen LogP contribution in [0.15, 0.2) is 18.2 Å². The molecular formula is C23H32O4. The summed E-state index contributed by atoms with van der Waals surface area (Å²) in [5, 5.41) is 18.6. The average molecular weight is 373 g/mol. The Kier molecular flexibility index (Phi) is 5.92. The van der Waals surface area contributed by atoms with Crippen LogP contribution in [-0.4, -0.2) is 22.2 Å². The van der Waals surface area contributed by atoms with E-state index in [1.807, 2.05) is 0 Å². The quantitative estimate of drug-likeness (QED) is 0.498. The molecule has 4 heteroatoms. The molecule has 3 rings (SSSR count). The molecule has 0 unspecified atom stereocenters. The summed E-state index contributed by atoms with van der Waals surface area (Å²) in [6, 6.07) is 6.46. The van der Waals surface area contributed by atoms with Crippen LogP contribution in [0.2, 0.25) is 0 Å². The van der Waals surface area contributed by atoms with Crippen molar-refractivity contribution < 1.29 is 19.8 Å². The molecule has 2 aliphatic carbocycles. The van der Waals surface area contributed by atoms with Crippen LogP contribution in [0.1, 0.15) is 80.9 Å². The van der Waals surface area contributed by atoms with E-state index in [1.54, 1.807) is 0 Å². The minimum Gasteiger partial charge on any atom is -0.481 e. The third-order valence-corrected chi connectivity index (χ3v) is 6.81. The Morgan fingerprint density at radius 2 is 1.37 bits per heavy atom. The van der Waals surface area contributed by atoms with Gasteiger partial charge in [0.05, 0.1) is 10.8 Å². The molecule has 0 aromatic heterocycles. The van der Waals surface area contributed by atoms with Gasteiger partial charge in [-0.15, -0.1) is 0 Å². The minimum absolute atomic E-state index is 0.404. The van der Waals surface area contributed by atoms with Crippen LogP contribution in [-0.2, 0) is 22.4 Å². The van der Waals surface area contributed by atoms with Crippen molar-refractivity contribution in [3.05, 3.63) is 34.9 Å². The van der Waals surface area contributed by atoms with Gasteiger partial charge in [-0.1, -0.05) is 31.0 Å². The van der Waals surface area contributed by atoms with Crippen LogP contribution in [0.4, 0.5) is 0 Å². The lowest BCUT2D eigenvalue weighted by molar-refractivity contribution is -0.144. The molecule has 4 nitrogen and oxygen atoms in total. The first kappa shape index (κ1) is 19.9. The maximum Gasteiger partial charge on any atom is 0.309 e. The minimum atomic E-state index is -0.617. The molecule has 0 amide bonds. The van der Waals surface area contributed by atoms with E-state index in [-0.39, 0.29) is 0 Å². The van der Waals surface area contributed by atoms with Crippen molar-refractivity contribution in [1.29, 1.82) is 0 Å². The van der Waals surface area contributed by atoms with Gasteiger partial charge in [-0.25, -0.2) is 0 Å². The molecule has 1 aromatic rings. The summed E-state index contributed by atoms with van der Waals surface area (Å²) in [6.45, 7) is 2.15. The zero-order valence-corrected chi connectivity index (χ0v) is 16.4. The van der Waals surface area contributed by atoms with Gasteiger partial charge in [0, 0.05) is 0 Å². The van der Waals surface area contributed by atoms with Crippen molar-refractivity contribution in [1.82, 2.24) is 0 Å². The number of hydrogen-bond acceptors (Lipinski definition) is 2. The highest BCUT2D eigenvalue weighted by Crippen LogP contribution is 2.50. The fraction of sp³-hybridized carbons (Fsp3) is 0.652. The van der Waals surface area contributed by atoms with Crippen LogP contribution in [0, 0.1) is 17.8 Å². The van der Waals surface area contributed by atoms with Gasteiger partial charge in [-0.3, -0.25) is 9.59 Å². The molecule has 2 aliphatic rings. The molecule has 148 valence electrons. The smallest absolute Gasteiger partial charge is 0.309 e. The first-order valence-electron chi connectivity index (χ1n) is 10.4. The van der Waals surface area contributed by atoms with E-state index in [4.69, 9.17) is 0 Å². The number of carboxylic acids is 2. The van der Waals surface area contributed by atoms with Crippen molar-refractivity contribution in [3.63, 3.8) is 0 Å². The number of benzene rings is 1. The zero-order valence-electron chi connectivity index (χ0n) is 16.4. The molecular weight excluding hydrogens is 340 g/mol. The van der Waals surface area contributed by atoms with E-state index in [1.165, 1.54) is 16.7 Å². The van der Waals surface area contributed by atoms with Gasteiger partial charge in [0.25, 0.3) is 0 Å². The third kappa shape index (κ3) is 4.72. The SMILES string of the molecule is Cc1cccc(CCCCC2(C(=O)O)CC2)c1CCCCC1(C(=O)O)CC1. The summed E-state index contributed by atoms with van der Waals surface area (Å²) < 4.78 is 0. The number of hydrogen-bond donors (Lipinski definition) is 2. The molecule has 0 heterocycles. The first-order valence-corrected chi connectivity index (χ1v) is 10.4. The molecule has 0 bridgehead atoms. The largest absolute Gasteiger partial charge is 0.481 e. The number of aliphatic carboxylic acids is 2. The maximum atomic E-state index is 11.3. The Balaban J connectivity index is 1.46. The van der Waals surface area contributed by atoms with Crippen LogP contribution >= 0.6 is 0 Å². The second kappa shape index (κ2) is 8.04. The summed E-state index contributed by atoms with van der Waals surface area (Å²) in [4.78, 5) is 22.6. The van der Waals surface area contributed by atoms with Crippen molar-refractivity contribution in [2.24, 2.45) is 10.8 Å². The predicted molar refractivity (Wildman–Crippen MR) is 105 cm³/mol. The van der Waals surface area contributed by atoms with Gasteiger partial charge < -0.3 is 10.2 Å². The maximum absolute atomic E-state index is 11.3. The highest BCUT2D eigenvalue weighted by atomic mass is 16.4. The number of carbonyl (C=O) groups is 2. The molecule has 27 heavy (non-hydrogen) atoms. The highest BCUT2D eigenvalue weighted by molar-refractivity contribution is 5.78. The second-order valence-electron chi connectivity index (χ2n) is 8.80. The van der Waals surface area contributed by atoms with E-state index in [0.29, 0.717) is 0 Å². The van der Waals surface area contributed by atoms with E-state index in [9.17, 15) is 19.8 Å². The molecule has 0 radical (unpaired) electrons. The van der Waals surface area contributed by atoms with Crippen LogP contribution in [0.3, 0.4) is 0 Å². The summed E-state index contributed by atoms with van der Waals surface area (Å²) in [5.41, 5.74) is 3.30. The molecule has 0 saturated heterocycles. The fourth-order valence-corrected chi connectivity index (χ4v) is 4.34. The van der Waals surface area contributed by atoms with Gasteiger partial charge in [-0.05, 0) is 87.8 Å². The van der Waals surface area contributed by atoms with Crippen molar-refractivity contribution in [2.75, 3.05) is 0 Å². The van der Waals surface area contributed by atoms with Gasteiger partial charge in [0.15, 0.2) is 0 Å². The zero-order chi connectivity index (χ0) is 19.5. The first-order chi connectivity index (χ1) is 12.9. The highest BCUT2D eigenvalue weighted by Gasteiger charge is 2.49. The topological polar surface area (TPSA) is 74.6 Å². The van der Waals surface area contributed by atoms with Gasteiger partial charge >= 0.3 is 11.9 Å². The Hall–Kier alpha value is -1.84. The second-order valence-corrected chi connectivity index (χ2v) is 8.80. The predicted octanol–water partition coefficient (Wildman–Crippen LogP) is 5.15. The van der Waals surface area contributed by atoms with E-state index in [2.05, 4.69) is 25.1 Å². The molecule has 0 aliphatic heterocycles. The lowest BCUT2D eigenvalue weighted by Gasteiger charge is -2.14. The van der Waals surface area contributed by atoms with Gasteiger partial charge in [0.1, 0.15) is 0 Å². The van der Waals surface area contributed by atoms with Crippen LogP contribution < -0.4 is 0 Å². The summed E-state index contributed by atoms with van der Waals surface area (Å²) >= 11 is 0. The fourth-order valence-electron chi connectivity index (χ4n) is 4.34. The Bertz CT molecular complexity index is 698. The third-order valence-electron chi connectivity index (χ3n) is 6.81. The number of rotatable bonds is 12. The average Bonchev–Trinajstić information content (AvgIpc) is 3.52. The van der Waals surface area contributed by atoms with E-state index < -0.39 is 22.8 Å². The van der Waals surface area contributed by atoms with Gasteiger partial charge in [0.2, 0.25) is 0 Å². The molecule has 2 N–H and O–H groups in total. The molecule has 1 aromatic carbocycles. The summed E-state index contributed by atoms with van der Waals surface area (Å²) in [5.74, 6) is -1.23. The monoisotopic (exact) mass is 372 g/mol. The lowest BCUT2D eigenvalue weighted by atomic mass is 9.91. The van der Waals surface area contributed by atoms with Crippen LogP contribution in [0.25, 0.3) is 0 Å². The van der Waals surface area contributed by atoms with Crippen molar-refractivity contribution >= 4 is 11.9 Å². The lowest BCUT2D eigenvalue weighted by Crippen LogP contribution is -2.14. The summed E-state index contributed by atoms with van der Waals surface area (Å²) in [6.07, 6.45) is 11.0. The molecule has 2 fully saturated rings. The van der Waals surface area contributed by atoms with Crippen molar-refractivity contribution in [3.8, 4) is 0 Å². The molecule has 2 saturated carbocycles. The number of carboxylic acid groups (broad SMARTS) is 2. The van der Waals surface area contributed by atoms with Gasteiger partial charge in [-0.2, -0.15) is 0 Å². The van der Waals surface area contributed by atoms with Crippen molar-refractivity contribution in [2.45, 2.75) is 84.0 Å². The Labute approximate surface area is 162 Å². The van der Waals surface area contributed by atoms with E-state index >= 15 is 0 Å². The molecule has 0 spiro atoms. The van der Waals surface area contributed by atoms with E-state index in [0.717, 1.165) is 77.0 Å². The number of aryl methyl sites for hydroxylation is 2. The number of unbranched alkanes of at least 4 members (excludes halogenated alkanes) is 2. The standard InChI is InChI=1S/C23H32O4/c1-17-7-6-9-18(8-2-4-11-22(13-14-22)20(24)25)19(17)10-3-5-12-23(15-16-23)21(26)27/h6-7,9H,2-5,8,10-16H2,1H3,(H,24,25)(H,26,27). The van der Waals surface area contributed by atoms with Crippen LogP contribution in [0.5, 0.6) is 0 Å². The Morgan fingerprint density at radius 1 is 0.852 bits per heavy atom.